The molecule has 1 aliphatic rings. The van der Waals surface area contributed by atoms with Gasteiger partial charge in [0.2, 0.25) is 0 Å². The van der Waals surface area contributed by atoms with Crippen LogP contribution in [0.5, 0.6) is 0 Å². The second kappa shape index (κ2) is 6.35. The lowest BCUT2D eigenvalue weighted by atomic mass is 9.86. The first-order chi connectivity index (χ1) is 8.66. The van der Waals surface area contributed by atoms with E-state index >= 15 is 0 Å². The second-order valence-electron chi connectivity index (χ2n) is 5.90. The van der Waals surface area contributed by atoms with E-state index in [-0.39, 0.29) is 6.04 Å². The zero-order valence-corrected chi connectivity index (χ0v) is 11.7. The van der Waals surface area contributed by atoms with Gasteiger partial charge < -0.3 is 10.6 Å². The molecule has 1 unspecified atom stereocenters. The molecule has 1 atom stereocenters. The first-order valence-corrected chi connectivity index (χ1v) is 7.19. The van der Waals surface area contributed by atoms with Crippen LogP contribution in [0, 0.1) is 11.8 Å². The van der Waals surface area contributed by atoms with E-state index in [1.54, 1.807) is 0 Å². The van der Waals surface area contributed by atoms with Crippen LogP contribution in [0.4, 0.5) is 0 Å². The highest BCUT2D eigenvalue weighted by Gasteiger charge is 2.22. The SMILES string of the molecule is CC(C)C1CCN(CC(N)c2ccccc2)CC1. The first kappa shape index (κ1) is 13.6. The summed E-state index contributed by atoms with van der Waals surface area (Å²) in [4.78, 5) is 2.52. The zero-order valence-electron chi connectivity index (χ0n) is 11.7. The van der Waals surface area contributed by atoms with Crippen molar-refractivity contribution in [2.75, 3.05) is 19.6 Å². The van der Waals surface area contributed by atoms with Crippen LogP contribution in [-0.2, 0) is 0 Å². The Morgan fingerprint density at radius 3 is 2.33 bits per heavy atom. The lowest BCUT2D eigenvalue weighted by molar-refractivity contribution is 0.151. The summed E-state index contributed by atoms with van der Waals surface area (Å²) in [6.07, 6.45) is 2.67. The summed E-state index contributed by atoms with van der Waals surface area (Å²) >= 11 is 0. The van der Waals surface area contributed by atoms with Gasteiger partial charge in [0, 0.05) is 12.6 Å². The molecule has 1 aromatic rings. The molecule has 1 aromatic carbocycles. The van der Waals surface area contributed by atoms with Crippen LogP contribution >= 0.6 is 0 Å². The highest BCUT2D eigenvalue weighted by Crippen LogP contribution is 2.25. The quantitative estimate of drug-likeness (QED) is 0.884. The van der Waals surface area contributed by atoms with Gasteiger partial charge in [0.1, 0.15) is 0 Å². The number of likely N-dealkylation sites (tertiary alicyclic amines) is 1. The van der Waals surface area contributed by atoms with Crippen LogP contribution in [0.3, 0.4) is 0 Å². The first-order valence-electron chi connectivity index (χ1n) is 7.19. The van der Waals surface area contributed by atoms with Crippen molar-refractivity contribution in [3.63, 3.8) is 0 Å². The van der Waals surface area contributed by atoms with Gasteiger partial charge in [-0.15, -0.1) is 0 Å². The minimum absolute atomic E-state index is 0.154. The van der Waals surface area contributed by atoms with Crippen molar-refractivity contribution in [3.8, 4) is 0 Å². The molecule has 1 saturated heterocycles. The third kappa shape index (κ3) is 3.56. The molecule has 0 spiro atoms. The summed E-state index contributed by atoms with van der Waals surface area (Å²) in [5, 5.41) is 0. The molecule has 1 heterocycles. The molecule has 2 rings (SSSR count). The molecule has 0 saturated carbocycles. The molecule has 18 heavy (non-hydrogen) atoms. The van der Waals surface area contributed by atoms with Gasteiger partial charge in [0.15, 0.2) is 0 Å². The number of hydrogen-bond donors (Lipinski definition) is 1. The predicted octanol–water partition coefficient (Wildman–Crippen LogP) is 3.05. The standard InChI is InChI=1S/C16H26N2/c1-13(2)14-8-10-18(11-9-14)12-16(17)15-6-4-3-5-7-15/h3-7,13-14,16H,8-12,17H2,1-2H3. The zero-order chi connectivity index (χ0) is 13.0. The molecular weight excluding hydrogens is 220 g/mol. The fourth-order valence-electron chi connectivity index (χ4n) is 2.89. The molecule has 2 heteroatoms. The van der Waals surface area contributed by atoms with Gasteiger partial charge >= 0.3 is 0 Å². The number of piperidine rings is 1. The topological polar surface area (TPSA) is 29.3 Å². The van der Waals surface area contributed by atoms with Crippen LogP contribution < -0.4 is 5.73 Å². The molecule has 2 N–H and O–H groups in total. The van der Waals surface area contributed by atoms with Gasteiger partial charge in [-0.1, -0.05) is 44.2 Å². The minimum Gasteiger partial charge on any atom is -0.323 e. The summed E-state index contributed by atoms with van der Waals surface area (Å²) in [5.41, 5.74) is 7.53. The molecule has 0 radical (unpaired) electrons. The highest BCUT2D eigenvalue weighted by molar-refractivity contribution is 5.18. The van der Waals surface area contributed by atoms with Crippen LogP contribution in [-0.4, -0.2) is 24.5 Å². The normalized spacial score (nSPS) is 20.2. The van der Waals surface area contributed by atoms with Gasteiger partial charge in [-0.05, 0) is 43.3 Å². The molecule has 0 amide bonds. The summed E-state index contributed by atoms with van der Waals surface area (Å²) in [7, 11) is 0. The van der Waals surface area contributed by atoms with Crippen molar-refractivity contribution in [2.45, 2.75) is 32.7 Å². The average molecular weight is 246 g/mol. The van der Waals surface area contributed by atoms with Gasteiger partial charge in [-0.2, -0.15) is 0 Å². The van der Waals surface area contributed by atoms with Crippen molar-refractivity contribution in [1.29, 1.82) is 0 Å². The van der Waals surface area contributed by atoms with Gasteiger partial charge in [0.25, 0.3) is 0 Å². The van der Waals surface area contributed by atoms with E-state index in [2.05, 4.69) is 43.0 Å². The molecule has 1 aliphatic heterocycles. The summed E-state index contributed by atoms with van der Waals surface area (Å²) in [6, 6.07) is 10.6. The van der Waals surface area contributed by atoms with Crippen molar-refractivity contribution in [2.24, 2.45) is 17.6 Å². The fraction of sp³-hybridized carbons (Fsp3) is 0.625. The number of nitrogens with two attached hydrogens (primary N) is 1. The average Bonchev–Trinajstić information content (AvgIpc) is 2.40. The third-order valence-corrected chi connectivity index (χ3v) is 4.26. The Morgan fingerprint density at radius 2 is 1.78 bits per heavy atom. The molecular formula is C16H26N2. The fourth-order valence-corrected chi connectivity index (χ4v) is 2.89. The summed E-state index contributed by atoms with van der Waals surface area (Å²) in [5.74, 6) is 1.74. The van der Waals surface area contributed by atoms with E-state index in [4.69, 9.17) is 5.73 Å². The van der Waals surface area contributed by atoms with Gasteiger partial charge in [0.05, 0.1) is 0 Å². The molecule has 0 aliphatic carbocycles. The Hall–Kier alpha value is -0.860. The van der Waals surface area contributed by atoms with E-state index < -0.39 is 0 Å². The molecule has 2 nitrogen and oxygen atoms in total. The van der Waals surface area contributed by atoms with Crippen LogP contribution in [0.25, 0.3) is 0 Å². The Bertz CT molecular complexity index is 339. The summed E-state index contributed by atoms with van der Waals surface area (Å²) in [6.45, 7) is 8.10. The monoisotopic (exact) mass is 246 g/mol. The van der Waals surface area contributed by atoms with E-state index in [1.807, 2.05) is 6.07 Å². The number of hydrogen-bond acceptors (Lipinski definition) is 2. The third-order valence-electron chi connectivity index (χ3n) is 4.26. The number of benzene rings is 1. The smallest absolute Gasteiger partial charge is 0.0424 e. The molecule has 0 aromatic heterocycles. The van der Waals surface area contributed by atoms with Crippen molar-refractivity contribution in [3.05, 3.63) is 35.9 Å². The van der Waals surface area contributed by atoms with Gasteiger partial charge in [-0.25, -0.2) is 0 Å². The minimum atomic E-state index is 0.154. The maximum Gasteiger partial charge on any atom is 0.0424 e. The van der Waals surface area contributed by atoms with Gasteiger partial charge in [-0.3, -0.25) is 0 Å². The Balaban J connectivity index is 1.81. The van der Waals surface area contributed by atoms with Crippen LogP contribution in [0.1, 0.15) is 38.3 Å². The van der Waals surface area contributed by atoms with E-state index in [1.165, 1.54) is 31.5 Å². The predicted molar refractivity (Wildman–Crippen MR) is 77.4 cm³/mol. The molecule has 0 bridgehead atoms. The van der Waals surface area contributed by atoms with Crippen molar-refractivity contribution >= 4 is 0 Å². The molecule has 1 fully saturated rings. The van der Waals surface area contributed by atoms with E-state index in [0.717, 1.165) is 18.4 Å². The lowest BCUT2D eigenvalue weighted by Crippen LogP contribution is -2.39. The van der Waals surface area contributed by atoms with Crippen molar-refractivity contribution in [1.82, 2.24) is 4.90 Å². The Kier molecular flexibility index (Phi) is 4.79. The maximum absolute atomic E-state index is 6.28. The number of rotatable bonds is 4. The van der Waals surface area contributed by atoms with Crippen LogP contribution in [0.2, 0.25) is 0 Å². The van der Waals surface area contributed by atoms with E-state index in [0.29, 0.717) is 0 Å². The maximum atomic E-state index is 6.28. The Labute approximate surface area is 111 Å². The molecule has 100 valence electrons. The van der Waals surface area contributed by atoms with Crippen LogP contribution in [0.15, 0.2) is 30.3 Å². The van der Waals surface area contributed by atoms with Crippen molar-refractivity contribution < 1.29 is 0 Å². The summed E-state index contributed by atoms with van der Waals surface area (Å²) < 4.78 is 0. The lowest BCUT2D eigenvalue weighted by Gasteiger charge is -2.35. The Morgan fingerprint density at radius 1 is 1.17 bits per heavy atom. The van der Waals surface area contributed by atoms with E-state index in [9.17, 15) is 0 Å². The highest BCUT2D eigenvalue weighted by atomic mass is 15.1. The number of nitrogens with zero attached hydrogens (tertiary/aromatic N) is 1. The second-order valence-corrected chi connectivity index (χ2v) is 5.90. The largest absolute Gasteiger partial charge is 0.323 e.